The zero-order chi connectivity index (χ0) is 21.1. The van der Waals surface area contributed by atoms with Crippen molar-refractivity contribution in [2.45, 2.75) is 13.5 Å². The molecule has 1 aromatic heterocycles. The molecule has 1 aliphatic heterocycles. The van der Waals surface area contributed by atoms with Gasteiger partial charge in [-0.1, -0.05) is 36.4 Å². The second-order valence-electron chi connectivity index (χ2n) is 6.94. The first kappa shape index (κ1) is 19.4. The fourth-order valence-electron chi connectivity index (χ4n) is 3.46. The number of carbonyl (C=O) groups is 2. The maximum Gasteiger partial charge on any atom is 0.278 e. The summed E-state index contributed by atoms with van der Waals surface area (Å²) >= 11 is 0. The van der Waals surface area contributed by atoms with Gasteiger partial charge >= 0.3 is 0 Å². The third-order valence-corrected chi connectivity index (χ3v) is 5.04. The average molecular weight is 399 g/mol. The number of anilines is 1. The predicted molar refractivity (Wildman–Crippen MR) is 115 cm³/mol. The van der Waals surface area contributed by atoms with Gasteiger partial charge in [-0.2, -0.15) is 0 Å². The minimum absolute atomic E-state index is 0.164. The quantitative estimate of drug-likeness (QED) is 0.639. The van der Waals surface area contributed by atoms with Gasteiger partial charge < -0.3 is 10.1 Å². The molecule has 2 amide bonds. The van der Waals surface area contributed by atoms with Gasteiger partial charge in [-0.05, 0) is 42.3 Å². The number of benzene rings is 2. The summed E-state index contributed by atoms with van der Waals surface area (Å²) in [7, 11) is 1.55. The molecule has 1 N–H and O–H groups in total. The highest BCUT2D eigenvalue weighted by Gasteiger charge is 2.40. The number of methoxy groups -OCH3 is 1. The van der Waals surface area contributed by atoms with Gasteiger partial charge in [0.15, 0.2) is 0 Å². The molecule has 150 valence electrons. The van der Waals surface area contributed by atoms with Gasteiger partial charge in [0.25, 0.3) is 11.8 Å². The number of pyridine rings is 1. The fraction of sp³-hybridized carbons (Fsp3) is 0.125. The Morgan fingerprint density at radius 3 is 2.37 bits per heavy atom. The number of nitrogens with zero attached hydrogens (tertiary/aromatic N) is 2. The normalized spacial score (nSPS) is 13.7. The standard InChI is InChI=1S/C24H21N3O3/c1-16-7-3-5-9-19(16)26-22-21(18-8-4-6-10-20(18)30-2)23(28)27(24(22)29)15-17-11-13-25-14-12-17/h3-14,26H,15H2,1-2H3. The molecule has 0 fully saturated rings. The van der Waals surface area contributed by atoms with Crippen LogP contribution in [-0.2, 0) is 16.1 Å². The number of nitrogens with one attached hydrogen (secondary N) is 1. The van der Waals surface area contributed by atoms with Crippen molar-refractivity contribution in [3.8, 4) is 5.75 Å². The van der Waals surface area contributed by atoms with Crippen LogP contribution < -0.4 is 10.1 Å². The van der Waals surface area contributed by atoms with Crippen molar-refractivity contribution in [1.29, 1.82) is 0 Å². The van der Waals surface area contributed by atoms with Gasteiger partial charge in [0.05, 0.1) is 19.2 Å². The van der Waals surface area contributed by atoms with Crippen molar-refractivity contribution in [3.63, 3.8) is 0 Å². The zero-order valence-corrected chi connectivity index (χ0v) is 16.8. The monoisotopic (exact) mass is 399 g/mol. The molecule has 0 aliphatic carbocycles. The van der Waals surface area contributed by atoms with E-state index < -0.39 is 0 Å². The summed E-state index contributed by atoms with van der Waals surface area (Å²) in [4.78, 5) is 32.0. The lowest BCUT2D eigenvalue weighted by Crippen LogP contribution is -2.32. The number of hydrogen-bond acceptors (Lipinski definition) is 5. The van der Waals surface area contributed by atoms with Crippen LogP contribution >= 0.6 is 0 Å². The molecule has 1 aliphatic rings. The molecular formula is C24H21N3O3. The Labute approximate surface area is 174 Å². The number of hydrogen-bond donors (Lipinski definition) is 1. The first-order chi connectivity index (χ1) is 14.6. The van der Waals surface area contributed by atoms with Crippen LogP contribution in [0.3, 0.4) is 0 Å². The fourth-order valence-corrected chi connectivity index (χ4v) is 3.46. The van der Waals surface area contributed by atoms with Gasteiger partial charge in [-0.25, -0.2) is 0 Å². The van der Waals surface area contributed by atoms with E-state index in [9.17, 15) is 9.59 Å². The topological polar surface area (TPSA) is 71.5 Å². The van der Waals surface area contributed by atoms with E-state index in [2.05, 4.69) is 10.3 Å². The van der Waals surface area contributed by atoms with Crippen molar-refractivity contribution in [3.05, 3.63) is 95.4 Å². The van der Waals surface area contributed by atoms with Crippen molar-refractivity contribution in [2.24, 2.45) is 0 Å². The minimum Gasteiger partial charge on any atom is -0.496 e. The molecule has 3 aromatic rings. The number of para-hydroxylation sites is 2. The van der Waals surface area contributed by atoms with Gasteiger partial charge in [0.2, 0.25) is 0 Å². The van der Waals surface area contributed by atoms with Crippen LogP contribution in [0, 0.1) is 6.92 Å². The second kappa shape index (κ2) is 8.21. The lowest BCUT2D eigenvalue weighted by molar-refractivity contribution is -0.137. The van der Waals surface area contributed by atoms with Crippen molar-refractivity contribution in [2.75, 3.05) is 12.4 Å². The van der Waals surface area contributed by atoms with E-state index in [1.54, 1.807) is 43.8 Å². The molecule has 2 aromatic carbocycles. The van der Waals surface area contributed by atoms with Crippen molar-refractivity contribution in [1.82, 2.24) is 9.88 Å². The number of aromatic nitrogens is 1. The lowest BCUT2D eigenvalue weighted by Gasteiger charge is -2.15. The summed E-state index contributed by atoms with van der Waals surface area (Å²) in [5.41, 5.74) is 3.68. The molecular weight excluding hydrogens is 378 g/mol. The number of aryl methyl sites for hydroxylation is 1. The van der Waals surface area contributed by atoms with Crippen LogP contribution in [0.1, 0.15) is 16.7 Å². The molecule has 2 heterocycles. The van der Waals surface area contributed by atoms with Crippen LogP contribution in [0.2, 0.25) is 0 Å². The van der Waals surface area contributed by atoms with Gasteiger partial charge in [-0.3, -0.25) is 19.5 Å². The van der Waals surface area contributed by atoms with E-state index in [0.717, 1.165) is 16.8 Å². The highest BCUT2D eigenvalue weighted by molar-refractivity contribution is 6.37. The minimum atomic E-state index is -0.374. The summed E-state index contributed by atoms with van der Waals surface area (Å²) in [5.74, 6) is -0.207. The predicted octanol–water partition coefficient (Wildman–Crippen LogP) is 3.79. The Balaban J connectivity index is 1.80. The number of amides is 2. The Morgan fingerprint density at radius 2 is 1.63 bits per heavy atom. The van der Waals surface area contributed by atoms with Crippen LogP contribution in [0.25, 0.3) is 5.57 Å². The SMILES string of the molecule is COc1ccccc1C1=C(Nc2ccccc2C)C(=O)N(Cc2ccncc2)C1=O. The van der Waals surface area contributed by atoms with Crippen LogP contribution in [0.15, 0.2) is 78.8 Å². The van der Waals surface area contributed by atoms with Gasteiger partial charge in [0, 0.05) is 23.6 Å². The number of imide groups is 1. The van der Waals surface area contributed by atoms with Crippen molar-refractivity contribution < 1.29 is 14.3 Å². The van der Waals surface area contributed by atoms with Crippen LogP contribution in [0.5, 0.6) is 5.75 Å². The smallest absolute Gasteiger partial charge is 0.278 e. The molecule has 0 radical (unpaired) electrons. The Hall–Kier alpha value is -3.93. The third-order valence-electron chi connectivity index (χ3n) is 5.04. The van der Waals surface area contributed by atoms with Gasteiger partial charge in [0.1, 0.15) is 11.4 Å². The summed E-state index contributed by atoms with van der Waals surface area (Å²) in [6, 6.07) is 18.4. The maximum absolute atomic E-state index is 13.4. The van der Waals surface area contributed by atoms with E-state index in [1.807, 2.05) is 43.3 Å². The van der Waals surface area contributed by atoms with Crippen LogP contribution in [-0.4, -0.2) is 28.8 Å². The summed E-state index contributed by atoms with van der Waals surface area (Å²) in [6.07, 6.45) is 3.28. The highest BCUT2D eigenvalue weighted by Crippen LogP contribution is 2.36. The van der Waals surface area contributed by atoms with E-state index in [1.165, 1.54) is 4.90 Å². The summed E-state index contributed by atoms with van der Waals surface area (Å²) in [5, 5.41) is 3.20. The average Bonchev–Trinajstić information content (AvgIpc) is 3.00. The Kier molecular flexibility index (Phi) is 5.30. The van der Waals surface area contributed by atoms with Crippen molar-refractivity contribution >= 4 is 23.1 Å². The molecule has 30 heavy (non-hydrogen) atoms. The molecule has 4 rings (SSSR count). The second-order valence-corrected chi connectivity index (χ2v) is 6.94. The third kappa shape index (κ3) is 3.55. The Morgan fingerprint density at radius 1 is 0.933 bits per heavy atom. The number of carbonyl (C=O) groups excluding carboxylic acids is 2. The molecule has 0 atom stereocenters. The van der Waals surface area contributed by atoms with Crippen LogP contribution in [0.4, 0.5) is 5.69 Å². The summed E-state index contributed by atoms with van der Waals surface area (Å²) in [6.45, 7) is 2.11. The zero-order valence-electron chi connectivity index (χ0n) is 16.8. The van der Waals surface area contributed by atoms with Gasteiger partial charge in [-0.15, -0.1) is 0 Å². The molecule has 0 unspecified atom stereocenters. The lowest BCUT2D eigenvalue weighted by atomic mass is 10.0. The van der Waals surface area contributed by atoms with E-state index in [0.29, 0.717) is 16.9 Å². The van der Waals surface area contributed by atoms with E-state index in [-0.39, 0.29) is 24.1 Å². The van der Waals surface area contributed by atoms with E-state index >= 15 is 0 Å². The molecule has 6 heteroatoms. The molecule has 0 saturated heterocycles. The Bertz CT molecular complexity index is 1140. The first-order valence-electron chi connectivity index (χ1n) is 9.55. The maximum atomic E-state index is 13.4. The number of rotatable bonds is 6. The largest absolute Gasteiger partial charge is 0.496 e. The number of ether oxygens (including phenoxy) is 1. The molecule has 0 spiro atoms. The first-order valence-corrected chi connectivity index (χ1v) is 9.55. The molecule has 0 saturated carbocycles. The molecule has 6 nitrogen and oxygen atoms in total. The molecule has 0 bridgehead atoms. The van der Waals surface area contributed by atoms with E-state index in [4.69, 9.17) is 4.74 Å². The highest BCUT2D eigenvalue weighted by atomic mass is 16.5. The summed E-state index contributed by atoms with van der Waals surface area (Å²) < 4.78 is 5.46.